The van der Waals surface area contributed by atoms with Gasteiger partial charge in [-0.2, -0.15) is 0 Å². The Labute approximate surface area is 170 Å². The monoisotopic (exact) mass is 374 g/mol. The van der Waals surface area contributed by atoms with E-state index in [1.807, 2.05) is 0 Å². The molecule has 0 aliphatic heterocycles. The number of hydrogen-bond donors (Lipinski definition) is 0. The third-order valence-electron chi connectivity index (χ3n) is 4.42. The summed E-state index contributed by atoms with van der Waals surface area (Å²) in [5, 5.41) is 1.34. The molecule has 1 aromatic carbocycles. The summed E-state index contributed by atoms with van der Waals surface area (Å²) in [5.41, 5.74) is 2.48. The van der Waals surface area contributed by atoms with Gasteiger partial charge in [-0.1, -0.05) is 0 Å². The van der Waals surface area contributed by atoms with E-state index < -0.39 is 8.32 Å². The SMILES string of the molecule is COc1cc2c(c(OC)c1OC)CCC(O[Si](C)(C)C)C2.[Li][CH2]CCC. The molecule has 1 atom stereocenters. The van der Waals surface area contributed by atoms with Crippen LogP contribution < -0.4 is 14.2 Å². The Morgan fingerprint density at radius 1 is 1.08 bits per heavy atom. The molecular weight excluding hydrogens is 339 g/mol. The van der Waals surface area contributed by atoms with Crippen molar-refractivity contribution in [2.24, 2.45) is 0 Å². The molecule has 2 rings (SSSR count). The fourth-order valence-corrected chi connectivity index (χ4v) is 4.53. The molecule has 0 aromatic heterocycles. The summed E-state index contributed by atoms with van der Waals surface area (Å²) in [4.78, 5) is 0. The van der Waals surface area contributed by atoms with Crippen LogP contribution in [0.2, 0.25) is 24.7 Å². The van der Waals surface area contributed by atoms with Crippen molar-refractivity contribution in [2.45, 2.75) is 69.9 Å². The third-order valence-corrected chi connectivity index (χ3v) is 5.46. The average Bonchev–Trinajstić information content (AvgIpc) is 2.59. The zero-order chi connectivity index (χ0) is 19.7. The van der Waals surface area contributed by atoms with Crippen LogP contribution in [0.5, 0.6) is 17.2 Å². The van der Waals surface area contributed by atoms with Crippen molar-refractivity contribution >= 4 is 26.0 Å². The zero-order valence-electron chi connectivity index (χ0n) is 18.0. The Morgan fingerprint density at radius 2 is 1.73 bits per heavy atom. The Bertz CT molecular complexity index is 556. The molecule has 0 radical (unpaired) electrons. The van der Waals surface area contributed by atoms with E-state index in [0.717, 1.165) is 30.8 Å². The van der Waals surface area contributed by atoms with Crippen molar-refractivity contribution in [2.75, 3.05) is 21.3 Å². The predicted molar refractivity (Wildman–Crippen MR) is 112 cm³/mol. The van der Waals surface area contributed by atoms with Crippen LogP contribution in [0, 0.1) is 0 Å². The fourth-order valence-electron chi connectivity index (χ4n) is 3.33. The van der Waals surface area contributed by atoms with E-state index in [-0.39, 0.29) is 0 Å². The van der Waals surface area contributed by atoms with E-state index in [0.29, 0.717) is 11.9 Å². The van der Waals surface area contributed by atoms with Crippen LogP contribution in [0.15, 0.2) is 6.07 Å². The van der Waals surface area contributed by atoms with Crippen molar-refractivity contribution in [1.29, 1.82) is 0 Å². The topological polar surface area (TPSA) is 36.9 Å². The van der Waals surface area contributed by atoms with Gasteiger partial charge in [0.1, 0.15) is 0 Å². The van der Waals surface area contributed by atoms with Gasteiger partial charge in [-0.15, -0.1) is 0 Å². The first-order valence-corrected chi connectivity index (χ1v) is 13.2. The number of methoxy groups -OCH3 is 3. The molecule has 0 fully saturated rings. The zero-order valence-corrected chi connectivity index (χ0v) is 19.0. The van der Waals surface area contributed by atoms with Crippen LogP contribution in [0.1, 0.15) is 37.3 Å². The number of hydrogen-bond acceptors (Lipinski definition) is 4. The minimum atomic E-state index is -1.51. The molecule has 0 spiro atoms. The first kappa shape index (κ1) is 23.4. The molecule has 1 aromatic rings. The van der Waals surface area contributed by atoms with Gasteiger partial charge in [-0.3, -0.25) is 0 Å². The van der Waals surface area contributed by atoms with Crippen LogP contribution in [-0.4, -0.2) is 53.5 Å². The normalized spacial score (nSPS) is 16.3. The second-order valence-electron chi connectivity index (χ2n) is 7.73. The second-order valence-corrected chi connectivity index (χ2v) is 12.2. The van der Waals surface area contributed by atoms with Crippen molar-refractivity contribution in [3.8, 4) is 17.2 Å². The number of unbranched alkanes of at least 4 members (excludes halogenated alkanes) is 1. The quantitative estimate of drug-likeness (QED) is 0.643. The van der Waals surface area contributed by atoms with Crippen molar-refractivity contribution in [1.82, 2.24) is 0 Å². The fraction of sp³-hybridized carbons (Fsp3) is 0.700. The molecule has 0 amide bonds. The minimum absolute atomic E-state index is 0.298. The number of fused-ring (bicyclic) bond motifs is 1. The summed E-state index contributed by atoms with van der Waals surface area (Å²) >= 11 is 2.21. The van der Waals surface area contributed by atoms with E-state index >= 15 is 0 Å². The van der Waals surface area contributed by atoms with Gasteiger partial charge in [0.05, 0.1) is 21.3 Å². The van der Waals surface area contributed by atoms with E-state index in [4.69, 9.17) is 18.6 Å². The molecule has 144 valence electrons. The molecule has 6 heteroatoms. The summed E-state index contributed by atoms with van der Waals surface area (Å²) in [6.45, 7) is 8.91. The van der Waals surface area contributed by atoms with Crippen LogP contribution in [0.25, 0.3) is 0 Å². The van der Waals surface area contributed by atoms with Gasteiger partial charge in [0.25, 0.3) is 0 Å². The molecule has 1 aliphatic rings. The van der Waals surface area contributed by atoms with Crippen molar-refractivity contribution < 1.29 is 18.6 Å². The first-order valence-electron chi connectivity index (χ1n) is 9.79. The molecule has 1 unspecified atom stereocenters. The summed E-state index contributed by atoms with van der Waals surface area (Å²) in [7, 11) is 3.47. The van der Waals surface area contributed by atoms with Gasteiger partial charge in [-0.25, -0.2) is 0 Å². The Balaban J connectivity index is 0.000000597. The molecule has 4 nitrogen and oxygen atoms in total. The van der Waals surface area contributed by atoms with Gasteiger partial charge in [0, 0.05) is 11.7 Å². The van der Waals surface area contributed by atoms with E-state index in [2.05, 4.69) is 50.3 Å². The maximum absolute atomic E-state index is 6.27. The van der Waals surface area contributed by atoms with Crippen LogP contribution >= 0.6 is 0 Å². The molecule has 0 N–H and O–H groups in total. The van der Waals surface area contributed by atoms with Gasteiger partial charge in [-0.05, 0) is 50.5 Å². The first-order chi connectivity index (χ1) is 12.3. The average molecular weight is 375 g/mol. The van der Waals surface area contributed by atoms with Gasteiger partial charge in [0.2, 0.25) is 5.75 Å². The van der Waals surface area contributed by atoms with E-state index in [9.17, 15) is 0 Å². The van der Waals surface area contributed by atoms with Crippen LogP contribution in [0.4, 0.5) is 0 Å². The molecule has 0 bridgehead atoms. The molecule has 0 saturated carbocycles. The summed E-state index contributed by atoms with van der Waals surface area (Å²) in [6, 6.07) is 2.07. The Morgan fingerprint density at radius 3 is 2.15 bits per heavy atom. The molecule has 0 saturated heterocycles. The van der Waals surface area contributed by atoms with E-state index in [1.54, 1.807) is 21.3 Å². The van der Waals surface area contributed by atoms with Crippen molar-refractivity contribution in [3.63, 3.8) is 0 Å². The third kappa shape index (κ3) is 6.85. The number of benzene rings is 1. The maximum atomic E-state index is 6.27. The number of ether oxygens (including phenoxy) is 3. The van der Waals surface area contributed by atoms with Crippen LogP contribution in [-0.2, 0) is 17.3 Å². The predicted octanol–water partition coefficient (Wildman–Crippen LogP) is 4.79. The van der Waals surface area contributed by atoms with Gasteiger partial charge >= 0.3 is 42.6 Å². The molecule has 0 heterocycles. The summed E-state index contributed by atoms with van der Waals surface area (Å²) in [5.74, 6) is 2.21. The summed E-state index contributed by atoms with van der Waals surface area (Å²) < 4.78 is 22.7. The van der Waals surface area contributed by atoms with Crippen molar-refractivity contribution in [3.05, 3.63) is 17.2 Å². The van der Waals surface area contributed by atoms with Gasteiger partial charge in [0.15, 0.2) is 19.8 Å². The Hall–Kier alpha value is -0.606. The number of rotatable bonds is 7. The molecular formula is C20H35LiO4Si. The Kier molecular flexibility index (Phi) is 10.2. The standard InChI is InChI=1S/C16H26O4Si.C4H9.Li/c1-17-14-10-11-9-12(20-21(4,5)6)7-8-13(11)15(18-2)16(14)19-3;1-3-4-2;/h10,12H,7-9H2,1-6H3;1,3-4H2,2H3;. The molecule has 1 aliphatic carbocycles. The van der Waals surface area contributed by atoms with Gasteiger partial charge < -0.3 is 18.6 Å². The second kappa shape index (κ2) is 11.3. The van der Waals surface area contributed by atoms with Crippen LogP contribution in [0.3, 0.4) is 0 Å². The summed E-state index contributed by atoms with van der Waals surface area (Å²) in [6.07, 6.45) is 5.93. The van der Waals surface area contributed by atoms with E-state index in [1.165, 1.54) is 29.1 Å². The molecule has 26 heavy (non-hydrogen) atoms.